The van der Waals surface area contributed by atoms with Gasteiger partial charge in [-0.25, -0.2) is 0 Å². The van der Waals surface area contributed by atoms with Gasteiger partial charge in [-0.3, -0.25) is 4.90 Å². The van der Waals surface area contributed by atoms with E-state index in [0.29, 0.717) is 6.04 Å². The number of ether oxygens (including phenoxy) is 1. The minimum absolute atomic E-state index is 0.667. The van der Waals surface area contributed by atoms with E-state index < -0.39 is 0 Å². The van der Waals surface area contributed by atoms with Crippen LogP contribution in [0.25, 0.3) is 0 Å². The summed E-state index contributed by atoms with van der Waals surface area (Å²) in [7, 11) is 0. The van der Waals surface area contributed by atoms with Crippen LogP contribution in [0.4, 0.5) is 0 Å². The molecule has 1 N–H and O–H groups in total. The van der Waals surface area contributed by atoms with Crippen molar-refractivity contribution in [2.45, 2.75) is 25.8 Å². The van der Waals surface area contributed by atoms with Crippen LogP contribution in [0.5, 0.6) is 5.75 Å². The lowest BCUT2D eigenvalue weighted by molar-refractivity contribution is 0.162. The fourth-order valence-electron chi connectivity index (χ4n) is 2.45. The van der Waals surface area contributed by atoms with Crippen LogP contribution < -0.4 is 10.1 Å². The van der Waals surface area contributed by atoms with Gasteiger partial charge in [0.1, 0.15) is 12.4 Å². The maximum atomic E-state index is 5.74. The predicted molar refractivity (Wildman–Crippen MR) is 75.1 cm³/mol. The second-order valence-electron chi connectivity index (χ2n) is 4.90. The fraction of sp³-hybridized carbons (Fsp3) is 0.600. The maximum Gasteiger partial charge on any atom is 0.119 e. The Morgan fingerprint density at radius 2 is 2.17 bits per heavy atom. The average molecular weight is 248 g/mol. The van der Waals surface area contributed by atoms with Crippen molar-refractivity contribution in [2.75, 3.05) is 32.8 Å². The van der Waals surface area contributed by atoms with Crippen LogP contribution in [0.15, 0.2) is 30.3 Å². The Morgan fingerprint density at radius 1 is 1.33 bits per heavy atom. The molecule has 1 saturated heterocycles. The molecule has 100 valence electrons. The number of nitrogens with zero attached hydrogens (tertiary/aromatic N) is 1. The Morgan fingerprint density at radius 3 is 2.94 bits per heavy atom. The maximum absolute atomic E-state index is 5.74. The van der Waals surface area contributed by atoms with E-state index in [9.17, 15) is 0 Å². The smallest absolute Gasteiger partial charge is 0.119 e. The lowest BCUT2D eigenvalue weighted by atomic mass is 10.1. The third-order valence-corrected chi connectivity index (χ3v) is 3.40. The molecule has 2 rings (SSSR count). The van der Waals surface area contributed by atoms with E-state index in [1.165, 1.54) is 12.8 Å². The molecule has 1 fully saturated rings. The molecule has 3 nitrogen and oxygen atoms in total. The molecule has 1 aromatic carbocycles. The Hall–Kier alpha value is -1.06. The molecule has 1 aromatic rings. The van der Waals surface area contributed by atoms with Crippen molar-refractivity contribution in [3.63, 3.8) is 0 Å². The molecular formula is C15H24N2O. The highest BCUT2D eigenvalue weighted by Gasteiger charge is 2.17. The first-order valence-electron chi connectivity index (χ1n) is 7.02. The topological polar surface area (TPSA) is 24.5 Å². The molecule has 0 spiro atoms. The summed E-state index contributed by atoms with van der Waals surface area (Å²) >= 11 is 0. The van der Waals surface area contributed by atoms with E-state index in [4.69, 9.17) is 4.74 Å². The fourth-order valence-corrected chi connectivity index (χ4v) is 2.45. The van der Waals surface area contributed by atoms with Gasteiger partial charge in [-0.2, -0.15) is 0 Å². The van der Waals surface area contributed by atoms with Gasteiger partial charge in [-0.05, 0) is 18.6 Å². The van der Waals surface area contributed by atoms with Gasteiger partial charge in [0.2, 0.25) is 0 Å². The van der Waals surface area contributed by atoms with Crippen molar-refractivity contribution >= 4 is 0 Å². The molecule has 0 aromatic heterocycles. The van der Waals surface area contributed by atoms with E-state index in [1.807, 2.05) is 30.3 Å². The minimum Gasteiger partial charge on any atom is -0.492 e. The second-order valence-corrected chi connectivity index (χ2v) is 4.90. The quantitative estimate of drug-likeness (QED) is 0.835. The minimum atomic E-state index is 0.667. The molecule has 3 heteroatoms. The number of piperazine rings is 1. The Kier molecular flexibility index (Phi) is 5.49. The summed E-state index contributed by atoms with van der Waals surface area (Å²) in [4.78, 5) is 2.50. The van der Waals surface area contributed by atoms with Crippen LogP contribution in [-0.2, 0) is 0 Å². The van der Waals surface area contributed by atoms with E-state index in [2.05, 4.69) is 17.1 Å². The van der Waals surface area contributed by atoms with E-state index in [0.717, 1.165) is 38.5 Å². The van der Waals surface area contributed by atoms with Crippen LogP contribution in [-0.4, -0.2) is 43.7 Å². The number of benzene rings is 1. The molecule has 0 saturated carbocycles. The van der Waals surface area contributed by atoms with E-state index >= 15 is 0 Å². The van der Waals surface area contributed by atoms with Crippen molar-refractivity contribution < 1.29 is 4.74 Å². The van der Waals surface area contributed by atoms with Crippen LogP contribution in [0.3, 0.4) is 0 Å². The molecule has 1 atom stereocenters. The molecule has 0 amide bonds. The molecule has 0 bridgehead atoms. The number of hydrogen-bond acceptors (Lipinski definition) is 3. The van der Waals surface area contributed by atoms with Gasteiger partial charge in [0, 0.05) is 32.2 Å². The zero-order chi connectivity index (χ0) is 12.6. The summed E-state index contributed by atoms with van der Waals surface area (Å²) in [5.41, 5.74) is 0. The Bertz CT molecular complexity index is 327. The molecular weight excluding hydrogens is 224 g/mol. The lowest BCUT2D eigenvalue weighted by Gasteiger charge is -2.33. The average Bonchev–Trinajstić information content (AvgIpc) is 2.41. The van der Waals surface area contributed by atoms with Crippen molar-refractivity contribution in [3.05, 3.63) is 30.3 Å². The zero-order valence-corrected chi connectivity index (χ0v) is 11.3. The Labute approximate surface area is 110 Å². The van der Waals surface area contributed by atoms with Gasteiger partial charge >= 0.3 is 0 Å². The molecule has 0 radical (unpaired) electrons. The first kappa shape index (κ1) is 13.4. The number of para-hydroxylation sites is 1. The third kappa shape index (κ3) is 4.31. The highest BCUT2D eigenvalue weighted by molar-refractivity contribution is 5.20. The molecule has 1 aliphatic rings. The van der Waals surface area contributed by atoms with Gasteiger partial charge in [0.15, 0.2) is 0 Å². The monoisotopic (exact) mass is 248 g/mol. The summed E-state index contributed by atoms with van der Waals surface area (Å²) in [6.45, 7) is 7.46. The van der Waals surface area contributed by atoms with Gasteiger partial charge < -0.3 is 10.1 Å². The predicted octanol–water partition coefficient (Wildman–Crippen LogP) is 2.14. The first-order valence-corrected chi connectivity index (χ1v) is 7.02. The molecule has 18 heavy (non-hydrogen) atoms. The third-order valence-electron chi connectivity index (χ3n) is 3.40. The summed E-state index contributed by atoms with van der Waals surface area (Å²) in [5, 5.41) is 3.58. The lowest BCUT2D eigenvalue weighted by Crippen LogP contribution is -2.51. The molecule has 1 heterocycles. The van der Waals surface area contributed by atoms with Crippen LogP contribution >= 0.6 is 0 Å². The van der Waals surface area contributed by atoms with Gasteiger partial charge in [0.05, 0.1) is 0 Å². The van der Waals surface area contributed by atoms with Crippen LogP contribution in [0, 0.1) is 0 Å². The van der Waals surface area contributed by atoms with E-state index in [-0.39, 0.29) is 0 Å². The largest absolute Gasteiger partial charge is 0.492 e. The summed E-state index contributed by atoms with van der Waals surface area (Å²) in [6, 6.07) is 10.7. The van der Waals surface area contributed by atoms with Crippen molar-refractivity contribution in [2.24, 2.45) is 0 Å². The van der Waals surface area contributed by atoms with Crippen molar-refractivity contribution in [1.82, 2.24) is 10.2 Å². The highest BCUT2D eigenvalue weighted by atomic mass is 16.5. The van der Waals surface area contributed by atoms with Gasteiger partial charge in [0.25, 0.3) is 0 Å². The molecule has 1 unspecified atom stereocenters. The molecule has 0 aliphatic carbocycles. The van der Waals surface area contributed by atoms with Crippen LogP contribution in [0.2, 0.25) is 0 Å². The summed E-state index contributed by atoms with van der Waals surface area (Å²) in [5.74, 6) is 0.970. The van der Waals surface area contributed by atoms with E-state index in [1.54, 1.807) is 0 Å². The normalized spacial score (nSPS) is 20.8. The zero-order valence-electron chi connectivity index (χ0n) is 11.3. The highest BCUT2D eigenvalue weighted by Crippen LogP contribution is 2.09. The van der Waals surface area contributed by atoms with Crippen molar-refractivity contribution in [1.29, 1.82) is 0 Å². The summed E-state index contributed by atoms with van der Waals surface area (Å²) in [6.07, 6.45) is 2.53. The summed E-state index contributed by atoms with van der Waals surface area (Å²) < 4.78 is 5.74. The van der Waals surface area contributed by atoms with Gasteiger partial charge in [-0.1, -0.05) is 31.5 Å². The number of hydrogen-bond donors (Lipinski definition) is 1. The van der Waals surface area contributed by atoms with Crippen LogP contribution in [0.1, 0.15) is 19.8 Å². The first-order chi connectivity index (χ1) is 8.88. The Balaban J connectivity index is 1.67. The number of rotatable bonds is 6. The SMILES string of the molecule is CCCC1CN(CCOc2ccccc2)CCN1. The number of nitrogens with one attached hydrogen (secondary N) is 1. The second kappa shape index (κ2) is 7.39. The van der Waals surface area contributed by atoms with Crippen molar-refractivity contribution in [3.8, 4) is 5.75 Å². The standard InChI is InChI=1S/C15H24N2O/c1-2-6-14-13-17(10-9-16-14)11-12-18-15-7-4-3-5-8-15/h3-5,7-8,14,16H,2,6,9-13H2,1H3. The molecule has 1 aliphatic heterocycles. The van der Waals surface area contributed by atoms with Gasteiger partial charge in [-0.15, -0.1) is 0 Å².